The topological polar surface area (TPSA) is 52.8 Å². The van der Waals surface area contributed by atoms with E-state index in [2.05, 4.69) is 16.3 Å². The first-order chi connectivity index (χ1) is 9.11. The summed E-state index contributed by atoms with van der Waals surface area (Å²) >= 11 is 5.84. The number of hydrogen-bond donors (Lipinski definition) is 0. The summed E-state index contributed by atoms with van der Waals surface area (Å²) in [6.07, 6.45) is 0. The molecular formula is C14H13ClN4. The van der Waals surface area contributed by atoms with E-state index in [1.165, 1.54) is 0 Å². The van der Waals surface area contributed by atoms with Crippen LogP contribution >= 0.6 is 11.6 Å². The fraction of sp³-hybridized carbons (Fsp3) is 0.214. The Morgan fingerprint density at radius 1 is 1.11 bits per heavy atom. The SMILES string of the molecule is CN(C)c1ccc([C@@H](C#N)c2ccc(Cl)cc2)nn1. The van der Waals surface area contributed by atoms with Gasteiger partial charge in [-0.15, -0.1) is 5.10 Å². The van der Waals surface area contributed by atoms with Crippen LogP contribution in [0.15, 0.2) is 36.4 Å². The highest BCUT2D eigenvalue weighted by atomic mass is 35.5. The van der Waals surface area contributed by atoms with Gasteiger partial charge in [0.05, 0.1) is 11.8 Å². The van der Waals surface area contributed by atoms with E-state index >= 15 is 0 Å². The van der Waals surface area contributed by atoms with Crippen molar-refractivity contribution in [2.24, 2.45) is 0 Å². The summed E-state index contributed by atoms with van der Waals surface area (Å²) in [5.74, 6) is 0.331. The zero-order chi connectivity index (χ0) is 13.8. The first kappa shape index (κ1) is 13.3. The maximum absolute atomic E-state index is 9.32. The Bertz CT molecular complexity index is 584. The van der Waals surface area contributed by atoms with Crippen molar-refractivity contribution in [2.75, 3.05) is 19.0 Å². The number of halogens is 1. The number of aromatic nitrogens is 2. The lowest BCUT2D eigenvalue weighted by Gasteiger charge is -2.12. The lowest BCUT2D eigenvalue weighted by Crippen LogP contribution is -2.12. The van der Waals surface area contributed by atoms with Gasteiger partial charge in [0.25, 0.3) is 0 Å². The van der Waals surface area contributed by atoms with E-state index in [1.54, 1.807) is 12.1 Å². The van der Waals surface area contributed by atoms with E-state index < -0.39 is 5.92 Å². The van der Waals surface area contributed by atoms with E-state index in [4.69, 9.17) is 11.6 Å². The van der Waals surface area contributed by atoms with Gasteiger partial charge in [0, 0.05) is 19.1 Å². The molecule has 0 aliphatic heterocycles. The van der Waals surface area contributed by atoms with E-state index in [0.29, 0.717) is 10.7 Å². The minimum absolute atomic E-state index is 0.430. The predicted octanol–water partition coefficient (Wildman–Crippen LogP) is 2.85. The third kappa shape index (κ3) is 3.01. The lowest BCUT2D eigenvalue weighted by molar-refractivity contribution is 0.868. The van der Waals surface area contributed by atoms with Crippen LogP contribution in [-0.4, -0.2) is 24.3 Å². The van der Waals surface area contributed by atoms with Crippen molar-refractivity contribution in [3.05, 3.63) is 52.7 Å². The van der Waals surface area contributed by atoms with Gasteiger partial charge in [0.15, 0.2) is 5.82 Å². The molecule has 1 heterocycles. The monoisotopic (exact) mass is 272 g/mol. The molecule has 0 bridgehead atoms. The Morgan fingerprint density at radius 3 is 2.26 bits per heavy atom. The van der Waals surface area contributed by atoms with Crippen LogP contribution in [0, 0.1) is 11.3 Å². The van der Waals surface area contributed by atoms with E-state index in [1.807, 2.05) is 43.3 Å². The molecule has 2 aromatic rings. The number of nitrogens with zero attached hydrogens (tertiary/aromatic N) is 4. The molecule has 0 amide bonds. The summed E-state index contributed by atoms with van der Waals surface area (Å²) in [7, 11) is 3.79. The van der Waals surface area contributed by atoms with Gasteiger partial charge < -0.3 is 4.90 Å². The minimum Gasteiger partial charge on any atom is -0.361 e. The van der Waals surface area contributed by atoms with Crippen LogP contribution in [0.25, 0.3) is 0 Å². The molecule has 0 N–H and O–H groups in total. The van der Waals surface area contributed by atoms with E-state index in [-0.39, 0.29) is 0 Å². The van der Waals surface area contributed by atoms with Crippen LogP contribution in [0.5, 0.6) is 0 Å². The number of hydrogen-bond acceptors (Lipinski definition) is 4. The molecule has 2 rings (SSSR count). The highest BCUT2D eigenvalue weighted by Gasteiger charge is 2.15. The highest BCUT2D eigenvalue weighted by Crippen LogP contribution is 2.24. The summed E-state index contributed by atoms with van der Waals surface area (Å²) in [5.41, 5.74) is 1.49. The molecule has 1 aromatic heterocycles. The first-order valence-corrected chi connectivity index (χ1v) is 6.15. The molecule has 0 spiro atoms. The summed E-state index contributed by atoms with van der Waals surface area (Å²) in [4.78, 5) is 1.86. The molecule has 0 saturated heterocycles. The summed E-state index contributed by atoms with van der Waals surface area (Å²) in [6, 6.07) is 13.1. The average molecular weight is 273 g/mol. The van der Waals surface area contributed by atoms with Crippen LogP contribution in [0.3, 0.4) is 0 Å². The normalized spacial score (nSPS) is 11.7. The standard InChI is InChI=1S/C14H13ClN4/c1-19(2)14-8-7-13(17-18-14)12(9-16)10-3-5-11(15)6-4-10/h3-8,12H,1-2H3/t12-/m0/s1. The maximum atomic E-state index is 9.32. The van der Waals surface area contributed by atoms with Crippen molar-refractivity contribution in [1.82, 2.24) is 10.2 Å². The Hall–Kier alpha value is -2.12. The fourth-order valence-electron chi connectivity index (χ4n) is 1.69. The minimum atomic E-state index is -0.430. The van der Waals surface area contributed by atoms with Crippen molar-refractivity contribution in [3.8, 4) is 6.07 Å². The largest absolute Gasteiger partial charge is 0.361 e. The van der Waals surface area contributed by atoms with Crippen molar-refractivity contribution in [1.29, 1.82) is 5.26 Å². The van der Waals surface area contributed by atoms with Crippen LogP contribution in [-0.2, 0) is 0 Å². The lowest BCUT2D eigenvalue weighted by atomic mass is 9.97. The molecule has 0 saturated carbocycles. The molecule has 5 heteroatoms. The second-order valence-corrected chi connectivity index (χ2v) is 4.76. The van der Waals surface area contributed by atoms with Gasteiger partial charge in [0.1, 0.15) is 5.92 Å². The number of rotatable bonds is 3. The van der Waals surface area contributed by atoms with Gasteiger partial charge >= 0.3 is 0 Å². The Balaban J connectivity index is 2.32. The van der Waals surface area contributed by atoms with Gasteiger partial charge in [-0.1, -0.05) is 23.7 Å². The van der Waals surface area contributed by atoms with E-state index in [9.17, 15) is 5.26 Å². The van der Waals surface area contributed by atoms with Gasteiger partial charge in [-0.05, 0) is 29.8 Å². The number of anilines is 1. The summed E-state index contributed by atoms with van der Waals surface area (Å²) in [5, 5.41) is 18.2. The van der Waals surface area contributed by atoms with Crippen LogP contribution in [0.2, 0.25) is 5.02 Å². The second kappa shape index (κ2) is 5.68. The van der Waals surface area contributed by atoms with Crippen molar-refractivity contribution < 1.29 is 0 Å². The van der Waals surface area contributed by atoms with Crippen LogP contribution < -0.4 is 4.90 Å². The number of benzene rings is 1. The van der Waals surface area contributed by atoms with Gasteiger partial charge in [-0.25, -0.2) is 0 Å². The van der Waals surface area contributed by atoms with Crippen LogP contribution in [0.1, 0.15) is 17.2 Å². The average Bonchev–Trinajstić information content (AvgIpc) is 2.42. The second-order valence-electron chi connectivity index (χ2n) is 4.32. The third-order valence-electron chi connectivity index (χ3n) is 2.76. The molecule has 1 aromatic carbocycles. The third-order valence-corrected chi connectivity index (χ3v) is 3.01. The molecule has 96 valence electrons. The van der Waals surface area contributed by atoms with Gasteiger partial charge in [0.2, 0.25) is 0 Å². The Kier molecular flexibility index (Phi) is 3.98. The van der Waals surface area contributed by atoms with Gasteiger partial charge in [-0.2, -0.15) is 10.4 Å². The molecule has 0 aliphatic rings. The van der Waals surface area contributed by atoms with Gasteiger partial charge in [-0.3, -0.25) is 0 Å². The maximum Gasteiger partial charge on any atom is 0.150 e. The number of nitriles is 1. The van der Waals surface area contributed by atoms with Crippen LogP contribution in [0.4, 0.5) is 5.82 Å². The zero-order valence-corrected chi connectivity index (χ0v) is 11.5. The summed E-state index contributed by atoms with van der Waals surface area (Å²) in [6.45, 7) is 0. The summed E-state index contributed by atoms with van der Waals surface area (Å²) < 4.78 is 0. The molecule has 0 unspecified atom stereocenters. The molecule has 0 fully saturated rings. The smallest absolute Gasteiger partial charge is 0.150 e. The van der Waals surface area contributed by atoms with Crippen molar-refractivity contribution in [3.63, 3.8) is 0 Å². The first-order valence-electron chi connectivity index (χ1n) is 5.78. The van der Waals surface area contributed by atoms with Crippen molar-refractivity contribution in [2.45, 2.75) is 5.92 Å². The molecular weight excluding hydrogens is 260 g/mol. The predicted molar refractivity (Wildman–Crippen MR) is 75.3 cm³/mol. The molecule has 1 atom stereocenters. The molecule has 0 aliphatic carbocycles. The Labute approximate surface area is 117 Å². The molecule has 0 radical (unpaired) electrons. The molecule has 4 nitrogen and oxygen atoms in total. The Morgan fingerprint density at radius 2 is 1.79 bits per heavy atom. The zero-order valence-electron chi connectivity index (χ0n) is 10.7. The highest BCUT2D eigenvalue weighted by molar-refractivity contribution is 6.30. The molecule has 19 heavy (non-hydrogen) atoms. The van der Waals surface area contributed by atoms with Crippen molar-refractivity contribution >= 4 is 17.4 Å². The quantitative estimate of drug-likeness (QED) is 0.862. The van der Waals surface area contributed by atoms with E-state index in [0.717, 1.165) is 11.4 Å². The fourth-order valence-corrected chi connectivity index (χ4v) is 1.82.